The summed E-state index contributed by atoms with van der Waals surface area (Å²) >= 11 is 0. The third kappa shape index (κ3) is 8.23. The summed E-state index contributed by atoms with van der Waals surface area (Å²) in [5, 5.41) is 4.43. The van der Waals surface area contributed by atoms with Crippen LogP contribution in [0.3, 0.4) is 0 Å². The van der Waals surface area contributed by atoms with Crippen LogP contribution >= 0.6 is 7.82 Å². The van der Waals surface area contributed by atoms with Crippen LogP contribution in [0.5, 0.6) is 23.0 Å². The smallest absolute Gasteiger partial charge is 0.790 e. The minimum atomic E-state index is -6.01. The summed E-state index contributed by atoms with van der Waals surface area (Å²) in [6, 6.07) is -0.939. The molecule has 3 heterocycles. The maximum Gasteiger partial charge on any atom is 1.00 e. The molecule has 3 aromatic rings. The van der Waals surface area contributed by atoms with Gasteiger partial charge in [-0.1, -0.05) is 0 Å². The number of benzene rings is 1. The number of amides is 1. The number of carbonyl (C=O) groups excluding carboxylic acids is 1. The molecule has 0 radical (unpaired) electrons. The van der Waals surface area contributed by atoms with Crippen molar-refractivity contribution in [3.05, 3.63) is 36.2 Å². The number of anilines is 5. The van der Waals surface area contributed by atoms with Crippen molar-refractivity contribution in [2.24, 2.45) is 0 Å². The zero-order valence-corrected chi connectivity index (χ0v) is 26.0. The molecule has 214 valence electrons. The number of rotatable bonds is 10. The van der Waals surface area contributed by atoms with E-state index in [4.69, 9.17) is 43.6 Å². The Balaban J connectivity index is 0.00000620. The molecule has 42 heavy (non-hydrogen) atoms. The monoisotopic (exact) mass is 642 g/mol. The Labute approximate surface area is 309 Å². The number of pyridine rings is 1. The van der Waals surface area contributed by atoms with E-state index < -0.39 is 137 Å². The van der Waals surface area contributed by atoms with E-state index >= 15 is 4.39 Å². The van der Waals surface area contributed by atoms with Crippen molar-refractivity contribution < 1.29 is 131 Å². The number of halogens is 1. The van der Waals surface area contributed by atoms with Gasteiger partial charge in [0.15, 0.2) is 40.3 Å². The number of ether oxygens (including phenoxy) is 4. The topological polar surface area (TPSA) is 192 Å². The van der Waals surface area contributed by atoms with E-state index in [2.05, 4.69) is 30.1 Å². The molecule has 0 saturated carbocycles. The van der Waals surface area contributed by atoms with Crippen LogP contribution in [0.25, 0.3) is 0 Å². The van der Waals surface area contributed by atoms with Crippen molar-refractivity contribution >= 4 is 42.8 Å². The molecule has 1 aromatic carbocycles. The predicted molar refractivity (Wildman–Crippen MR) is 135 cm³/mol. The second-order valence-corrected chi connectivity index (χ2v) is 8.42. The fourth-order valence-corrected chi connectivity index (χ4v) is 3.27. The van der Waals surface area contributed by atoms with Crippen LogP contribution in [-0.4, -0.2) is 54.3 Å². The molecule has 4 rings (SSSR count). The predicted octanol–water partition coefficient (Wildman–Crippen LogP) is -4.16. The van der Waals surface area contributed by atoms with Gasteiger partial charge < -0.3 is 48.5 Å². The van der Waals surface area contributed by atoms with Crippen LogP contribution in [0.1, 0.15) is 38.4 Å². The number of carbonyl (C=O) groups is 1. The van der Waals surface area contributed by atoms with Gasteiger partial charge in [-0.05, 0) is 25.8 Å². The van der Waals surface area contributed by atoms with Gasteiger partial charge in [0, 0.05) is 26.0 Å². The van der Waals surface area contributed by atoms with E-state index in [1.54, 1.807) is 0 Å². The summed E-state index contributed by atoms with van der Waals surface area (Å²) in [4.78, 5) is 47.2. The number of phosphoric ester groups is 1. The van der Waals surface area contributed by atoms with Gasteiger partial charge in [-0.2, -0.15) is 4.98 Å². The number of nitrogens with zero attached hydrogens (tertiary/aromatic N) is 4. The molecule has 2 N–H and O–H groups in total. The molecule has 0 fully saturated rings. The number of phosphoric acid groups is 1. The maximum absolute atomic E-state index is 15.3. The molecular formula is C23H24FN6Na2O9P. The molecule has 15 nitrogen and oxygen atoms in total. The molecule has 19 heteroatoms. The summed E-state index contributed by atoms with van der Waals surface area (Å²) in [5.41, 5.74) is -4.35. The summed E-state index contributed by atoms with van der Waals surface area (Å²) in [6.07, 6.45) is -1.24. The molecule has 0 unspecified atom stereocenters. The first kappa shape index (κ1) is 17.3. The SMILES string of the molecule is [2H]c1nc(Nc2cc(OC([2H])([2H])[2H])c(OC([2H])([2H])[2H])c(OC([2H])([2H])[2H])c2)nc(Nc2nc3c(c([2H])c2[2H])OC(C([2H])([2H])[2H])(C([2H])([2H])[2H])C(=O)N3COP(=O)([O-])[O-])c1F.[Na+].[Na+]. The van der Waals surface area contributed by atoms with Gasteiger partial charge in [0.05, 0.1) is 51.6 Å². The van der Waals surface area contributed by atoms with Crippen molar-refractivity contribution in [1.29, 1.82) is 0 Å². The number of aromatic nitrogens is 3. The van der Waals surface area contributed by atoms with Crippen LogP contribution in [0, 0.1) is 5.82 Å². The standard InChI is InChI=1S/C23H26FN6O9P.2Na/c1-23(2)21(31)30(11-38-40(32,33)34)20-14(39-23)6-7-17(28-20)27-19-13(24)10-25-22(29-19)26-12-8-15(35-3)18(37-5)16(9-12)36-4;;/h6-10H,11H2,1-5H3,(H2,32,33,34)(H2,25,26,27,28,29);;/q;2*+1/p-2/i1D3,2D3,3D3,4D3,5D3,6D,7D,10D;;. The average Bonchev–Trinajstić information content (AvgIpc) is 2.99. The quantitative estimate of drug-likeness (QED) is 0.160. The summed E-state index contributed by atoms with van der Waals surface area (Å²) in [6.45, 7) is -9.55. The normalized spacial score (nSPS) is 21.3. The Kier molecular flexibility index (Phi) is 5.97. The molecule has 1 aliphatic heterocycles. The molecule has 0 spiro atoms. The van der Waals surface area contributed by atoms with E-state index in [0.717, 1.165) is 12.1 Å². The van der Waals surface area contributed by atoms with E-state index in [0.29, 0.717) is 0 Å². The molecule has 1 amide bonds. The van der Waals surface area contributed by atoms with Gasteiger partial charge >= 0.3 is 59.1 Å². The molecule has 2 aromatic heterocycles. The van der Waals surface area contributed by atoms with E-state index in [1.165, 1.54) is 0 Å². The first-order valence-electron chi connectivity index (χ1n) is 19.1. The third-order valence-electron chi connectivity index (χ3n) is 4.64. The van der Waals surface area contributed by atoms with Crippen molar-refractivity contribution in [3.63, 3.8) is 0 Å². The average molecular weight is 643 g/mol. The molecule has 0 atom stereocenters. The molecule has 0 aliphatic carbocycles. The van der Waals surface area contributed by atoms with Crippen molar-refractivity contribution in [3.8, 4) is 23.0 Å². The van der Waals surface area contributed by atoms with Gasteiger partial charge in [0.25, 0.3) is 5.91 Å². The Bertz CT molecular complexity index is 2110. The van der Waals surface area contributed by atoms with Crippen LogP contribution in [0.15, 0.2) is 30.4 Å². The van der Waals surface area contributed by atoms with Gasteiger partial charge in [-0.25, -0.2) is 14.4 Å². The first-order valence-corrected chi connectivity index (χ1v) is 11.5. The number of nitrogens with one attached hydrogen (secondary N) is 2. The molecular weight excluding hydrogens is 600 g/mol. The Morgan fingerprint density at radius 3 is 2.43 bits per heavy atom. The second kappa shape index (κ2) is 14.5. The van der Waals surface area contributed by atoms with Gasteiger partial charge in [0.2, 0.25) is 11.7 Å². The fourth-order valence-electron chi connectivity index (χ4n) is 3.02. The number of hydrogen-bond acceptors (Lipinski definition) is 14. The Hall–Kier alpha value is -2.24. The fraction of sp³-hybridized carbons (Fsp3) is 0.304. The largest absolute Gasteiger partial charge is 1.00 e. The molecule has 0 saturated heterocycles. The van der Waals surface area contributed by atoms with Gasteiger partial charge in [-0.15, -0.1) is 0 Å². The van der Waals surface area contributed by atoms with Crippen LogP contribution in [0.4, 0.5) is 33.5 Å². The van der Waals surface area contributed by atoms with Crippen LogP contribution < -0.4 is 103 Å². The van der Waals surface area contributed by atoms with E-state index in [1.807, 2.05) is 0 Å². The van der Waals surface area contributed by atoms with E-state index in [-0.39, 0.29) is 64.0 Å². The summed E-state index contributed by atoms with van der Waals surface area (Å²) in [7, 11) is -15.9. The molecule has 1 aliphatic rings. The van der Waals surface area contributed by atoms with Crippen molar-refractivity contribution in [1.82, 2.24) is 15.0 Å². The number of hydrogen-bond donors (Lipinski definition) is 2. The number of fused-ring (bicyclic) bond motifs is 1. The van der Waals surface area contributed by atoms with Crippen LogP contribution in [0.2, 0.25) is 0 Å². The zero-order valence-electron chi connectivity index (χ0n) is 39.2. The molecule has 0 bridgehead atoms. The maximum atomic E-state index is 15.3. The Morgan fingerprint density at radius 2 is 1.81 bits per heavy atom. The van der Waals surface area contributed by atoms with Gasteiger partial charge in [-0.3, -0.25) is 9.69 Å². The van der Waals surface area contributed by atoms with Gasteiger partial charge in [0.1, 0.15) is 12.5 Å². The van der Waals surface area contributed by atoms with E-state index in [9.17, 15) is 19.1 Å². The second-order valence-electron chi connectivity index (χ2n) is 7.26. The Morgan fingerprint density at radius 1 is 1.12 bits per heavy atom. The van der Waals surface area contributed by atoms with Crippen molar-refractivity contribution in [2.45, 2.75) is 19.3 Å². The minimum Gasteiger partial charge on any atom is -0.790 e. The minimum absolute atomic E-state index is 0. The van der Waals surface area contributed by atoms with Crippen LogP contribution in [-0.2, 0) is 13.9 Å². The first-order chi connectivity index (χ1) is 26.0. The summed E-state index contributed by atoms with van der Waals surface area (Å²) in [5.74, 6) is -11.8. The third-order valence-corrected chi connectivity index (χ3v) is 5.07. The number of methoxy groups -OCH3 is 3. The zero-order chi connectivity index (χ0) is 44.4. The van der Waals surface area contributed by atoms with Crippen molar-refractivity contribution in [2.75, 3.05) is 43.4 Å². The summed E-state index contributed by atoms with van der Waals surface area (Å²) < 4.78 is 189.